The molecule has 2 heterocycles. The number of benzene rings is 1. The summed E-state index contributed by atoms with van der Waals surface area (Å²) in [7, 11) is 0. The van der Waals surface area contributed by atoms with E-state index in [-0.39, 0.29) is 9.99 Å². The Bertz CT molecular complexity index is 755. The zero-order valence-corrected chi connectivity index (χ0v) is 15.5. The van der Waals surface area contributed by atoms with Crippen molar-refractivity contribution in [1.29, 1.82) is 0 Å². The lowest BCUT2D eigenvalue weighted by molar-refractivity contribution is -0.121. The van der Waals surface area contributed by atoms with E-state index in [1.807, 2.05) is 53.9 Å². The highest BCUT2D eigenvalue weighted by Crippen LogP contribution is 2.45. The third-order valence-electron chi connectivity index (χ3n) is 3.50. The average molecular weight is 381 g/mol. The van der Waals surface area contributed by atoms with E-state index in [4.69, 9.17) is 16.0 Å². The van der Waals surface area contributed by atoms with Crippen LogP contribution >= 0.6 is 35.1 Å². The molecule has 7 heteroatoms. The number of carbonyl (C=O) groups is 1. The van der Waals surface area contributed by atoms with Crippen LogP contribution in [0, 0.1) is 0 Å². The van der Waals surface area contributed by atoms with Crippen LogP contribution < -0.4 is 5.43 Å². The van der Waals surface area contributed by atoms with E-state index in [9.17, 15) is 4.79 Å². The van der Waals surface area contributed by atoms with E-state index in [1.165, 1.54) is 6.21 Å². The number of rotatable bonds is 5. The zero-order chi connectivity index (χ0) is 17.0. The summed E-state index contributed by atoms with van der Waals surface area (Å²) < 4.78 is 5.65. The fourth-order valence-electron chi connectivity index (χ4n) is 2.38. The van der Waals surface area contributed by atoms with Crippen molar-refractivity contribution in [3.8, 4) is 11.3 Å². The molecule has 0 bridgehead atoms. The minimum Gasteiger partial charge on any atom is -0.455 e. The van der Waals surface area contributed by atoms with Crippen molar-refractivity contribution >= 4 is 47.2 Å². The first-order chi connectivity index (χ1) is 11.5. The van der Waals surface area contributed by atoms with Crippen LogP contribution in [0.2, 0.25) is 5.02 Å². The predicted octanol–water partition coefficient (Wildman–Crippen LogP) is 4.64. The Morgan fingerprint density at radius 2 is 2.17 bits per heavy atom. The van der Waals surface area contributed by atoms with Gasteiger partial charge in [-0.05, 0) is 31.2 Å². The summed E-state index contributed by atoms with van der Waals surface area (Å²) in [5, 5.41) is 4.63. The summed E-state index contributed by atoms with van der Waals surface area (Å²) in [5.41, 5.74) is 3.46. The maximum Gasteiger partial charge on any atom is 0.242 e. The molecule has 126 valence electrons. The molecule has 1 aromatic heterocycles. The SMILES string of the molecule is CC1(CC(=O)N/N=C/c2ccc(-c3cccc(Cl)c3)o2)SCCS1. The van der Waals surface area contributed by atoms with Crippen molar-refractivity contribution in [2.45, 2.75) is 17.4 Å². The number of halogens is 1. The quantitative estimate of drug-likeness (QED) is 0.606. The molecule has 2 aromatic rings. The summed E-state index contributed by atoms with van der Waals surface area (Å²) in [6.45, 7) is 2.10. The van der Waals surface area contributed by atoms with E-state index >= 15 is 0 Å². The molecular formula is C17H17ClN2O2S2. The molecule has 1 amide bonds. The van der Waals surface area contributed by atoms with Crippen LogP contribution in [0.15, 0.2) is 45.9 Å². The Labute approximate surface area is 154 Å². The number of hydrazone groups is 1. The number of hydrogen-bond acceptors (Lipinski definition) is 5. The van der Waals surface area contributed by atoms with Crippen LogP contribution in [0.5, 0.6) is 0 Å². The highest BCUT2D eigenvalue weighted by molar-refractivity contribution is 8.21. The molecule has 1 aliphatic rings. The van der Waals surface area contributed by atoms with Crippen LogP contribution in [0.3, 0.4) is 0 Å². The van der Waals surface area contributed by atoms with Gasteiger partial charge in [0.2, 0.25) is 5.91 Å². The minimum atomic E-state index is -0.0859. The van der Waals surface area contributed by atoms with Gasteiger partial charge in [-0.15, -0.1) is 23.5 Å². The van der Waals surface area contributed by atoms with Crippen LogP contribution in [0.25, 0.3) is 11.3 Å². The normalized spacial score (nSPS) is 16.6. The van der Waals surface area contributed by atoms with Gasteiger partial charge in [-0.1, -0.05) is 23.7 Å². The monoisotopic (exact) mass is 380 g/mol. The van der Waals surface area contributed by atoms with Gasteiger partial charge >= 0.3 is 0 Å². The Morgan fingerprint density at radius 3 is 2.92 bits per heavy atom. The van der Waals surface area contributed by atoms with Gasteiger partial charge in [0.25, 0.3) is 0 Å². The van der Waals surface area contributed by atoms with E-state index in [1.54, 1.807) is 6.07 Å². The standard InChI is InChI=1S/C17H17ClN2O2S2/c1-17(23-7-8-24-17)10-16(21)20-19-11-14-5-6-15(22-14)12-3-2-4-13(18)9-12/h2-6,9,11H,7-8,10H2,1H3,(H,20,21)/b19-11+. The fraction of sp³-hybridized carbons (Fsp3) is 0.294. The summed E-state index contributed by atoms with van der Waals surface area (Å²) in [5.74, 6) is 3.38. The maximum absolute atomic E-state index is 12.0. The third kappa shape index (κ3) is 4.59. The van der Waals surface area contributed by atoms with Crippen molar-refractivity contribution in [1.82, 2.24) is 5.43 Å². The highest BCUT2D eigenvalue weighted by Gasteiger charge is 2.32. The first-order valence-electron chi connectivity index (χ1n) is 7.50. The van der Waals surface area contributed by atoms with Gasteiger partial charge in [-0.25, -0.2) is 5.43 Å². The molecule has 1 N–H and O–H groups in total. The number of thioether (sulfide) groups is 2. The lowest BCUT2D eigenvalue weighted by atomic mass is 10.2. The Balaban J connectivity index is 1.56. The summed E-state index contributed by atoms with van der Waals surface area (Å²) >= 11 is 9.63. The maximum atomic E-state index is 12.0. The molecular weight excluding hydrogens is 364 g/mol. The number of nitrogens with one attached hydrogen (secondary N) is 1. The molecule has 1 fully saturated rings. The Kier molecular flexibility index (Phi) is 5.58. The lowest BCUT2D eigenvalue weighted by Crippen LogP contribution is -2.26. The van der Waals surface area contributed by atoms with Crippen LogP contribution in [0.4, 0.5) is 0 Å². The molecule has 3 rings (SSSR count). The number of amides is 1. The fourth-order valence-corrected chi connectivity index (χ4v) is 5.40. The second kappa shape index (κ2) is 7.68. The smallest absolute Gasteiger partial charge is 0.242 e. The highest BCUT2D eigenvalue weighted by atomic mass is 35.5. The number of hydrogen-bond donors (Lipinski definition) is 1. The topological polar surface area (TPSA) is 54.6 Å². The van der Waals surface area contributed by atoms with Crippen molar-refractivity contribution in [3.05, 3.63) is 47.2 Å². The number of nitrogens with zero attached hydrogens (tertiary/aromatic N) is 1. The van der Waals surface area contributed by atoms with Crippen molar-refractivity contribution in [2.75, 3.05) is 11.5 Å². The average Bonchev–Trinajstić information content (AvgIpc) is 3.17. The summed E-state index contributed by atoms with van der Waals surface area (Å²) in [4.78, 5) is 12.0. The van der Waals surface area contributed by atoms with Crippen molar-refractivity contribution in [3.63, 3.8) is 0 Å². The summed E-state index contributed by atoms with van der Waals surface area (Å²) in [6.07, 6.45) is 1.95. The van der Waals surface area contributed by atoms with Gasteiger partial charge in [0, 0.05) is 22.1 Å². The van der Waals surface area contributed by atoms with Gasteiger partial charge in [-0.2, -0.15) is 5.10 Å². The molecule has 1 aliphatic heterocycles. The van der Waals surface area contributed by atoms with Gasteiger partial charge in [0.1, 0.15) is 11.5 Å². The van der Waals surface area contributed by atoms with Crippen molar-refractivity contribution < 1.29 is 9.21 Å². The molecule has 0 spiro atoms. The first-order valence-corrected chi connectivity index (χ1v) is 9.85. The molecule has 4 nitrogen and oxygen atoms in total. The van der Waals surface area contributed by atoms with E-state index in [2.05, 4.69) is 17.5 Å². The minimum absolute atomic E-state index is 0.0377. The van der Waals surface area contributed by atoms with E-state index in [0.717, 1.165) is 17.1 Å². The Hall–Kier alpha value is -1.37. The molecule has 24 heavy (non-hydrogen) atoms. The first kappa shape index (κ1) is 17.5. The molecule has 0 aliphatic carbocycles. The van der Waals surface area contributed by atoms with E-state index in [0.29, 0.717) is 23.0 Å². The summed E-state index contributed by atoms with van der Waals surface area (Å²) in [6, 6.07) is 11.1. The Morgan fingerprint density at radius 1 is 1.38 bits per heavy atom. The van der Waals surface area contributed by atoms with Crippen molar-refractivity contribution in [2.24, 2.45) is 5.10 Å². The predicted molar refractivity (Wildman–Crippen MR) is 103 cm³/mol. The number of carbonyl (C=O) groups excluding carboxylic acids is 1. The van der Waals surface area contributed by atoms with Crippen LogP contribution in [0.1, 0.15) is 19.1 Å². The second-order valence-electron chi connectivity index (χ2n) is 5.51. The molecule has 0 atom stereocenters. The van der Waals surface area contributed by atoms with Gasteiger partial charge in [0.15, 0.2) is 0 Å². The van der Waals surface area contributed by atoms with E-state index < -0.39 is 0 Å². The van der Waals surface area contributed by atoms with Gasteiger partial charge in [-0.3, -0.25) is 4.79 Å². The number of furan rings is 1. The molecule has 0 radical (unpaired) electrons. The van der Waals surface area contributed by atoms with Crippen LogP contribution in [-0.4, -0.2) is 27.7 Å². The zero-order valence-electron chi connectivity index (χ0n) is 13.1. The van der Waals surface area contributed by atoms with Gasteiger partial charge in [0.05, 0.1) is 16.7 Å². The van der Waals surface area contributed by atoms with Crippen LogP contribution in [-0.2, 0) is 4.79 Å². The lowest BCUT2D eigenvalue weighted by Gasteiger charge is -2.19. The third-order valence-corrected chi connectivity index (χ3v) is 7.02. The molecule has 0 saturated carbocycles. The largest absolute Gasteiger partial charge is 0.455 e. The molecule has 1 aromatic carbocycles. The van der Waals surface area contributed by atoms with Gasteiger partial charge < -0.3 is 4.42 Å². The molecule has 1 saturated heterocycles. The second-order valence-corrected chi connectivity index (χ2v) is 9.40. The molecule has 0 unspecified atom stereocenters.